The zero-order valence-electron chi connectivity index (χ0n) is 18.4. The molecule has 0 aliphatic carbocycles. The smallest absolute Gasteiger partial charge is 0.225 e. The van der Waals surface area contributed by atoms with Crippen LogP contribution in [0.1, 0.15) is 18.4 Å². The van der Waals surface area contributed by atoms with Gasteiger partial charge < -0.3 is 19.7 Å². The molecule has 10 heteroatoms. The van der Waals surface area contributed by atoms with E-state index >= 15 is 0 Å². The van der Waals surface area contributed by atoms with Crippen molar-refractivity contribution in [3.63, 3.8) is 0 Å². The molecule has 176 valence electrons. The molecule has 1 N–H and O–H groups in total. The Labute approximate surface area is 189 Å². The molecule has 4 aliphatic rings. The second kappa shape index (κ2) is 8.89. The fourth-order valence-electron chi connectivity index (χ4n) is 5.57. The third-order valence-electron chi connectivity index (χ3n) is 7.33. The van der Waals surface area contributed by atoms with Crippen LogP contribution in [0.2, 0.25) is 0 Å². The summed E-state index contributed by atoms with van der Waals surface area (Å²) in [6.45, 7) is 6.79. The fourth-order valence-corrected chi connectivity index (χ4v) is 6.86. The van der Waals surface area contributed by atoms with Gasteiger partial charge in [-0.15, -0.1) is 0 Å². The molecule has 1 aromatic rings. The van der Waals surface area contributed by atoms with Crippen LogP contribution in [0.25, 0.3) is 0 Å². The lowest BCUT2D eigenvalue weighted by atomic mass is 9.71. The van der Waals surface area contributed by atoms with Crippen LogP contribution in [0, 0.1) is 11.3 Å². The van der Waals surface area contributed by atoms with Crippen molar-refractivity contribution in [3.05, 3.63) is 23.9 Å². The number of morpholine rings is 1. The number of pyridine rings is 1. The maximum Gasteiger partial charge on any atom is 0.225 e. The van der Waals surface area contributed by atoms with Gasteiger partial charge in [0, 0.05) is 57.5 Å². The third kappa shape index (κ3) is 4.64. The maximum atomic E-state index is 13.2. The lowest BCUT2D eigenvalue weighted by Crippen LogP contribution is -2.56. The minimum Gasteiger partial charge on any atom is -0.381 e. The van der Waals surface area contributed by atoms with E-state index in [1.54, 1.807) is 0 Å². The normalized spacial score (nSPS) is 27.9. The number of hydrogen-bond acceptors (Lipinski definition) is 8. The maximum absolute atomic E-state index is 13.2. The minimum absolute atomic E-state index is 0.00182. The summed E-state index contributed by atoms with van der Waals surface area (Å²) in [6.07, 6.45) is 3.58. The fraction of sp³-hybridized carbons (Fsp3) is 0.727. The van der Waals surface area contributed by atoms with Crippen molar-refractivity contribution < 1.29 is 22.7 Å². The lowest BCUT2D eigenvalue weighted by molar-refractivity contribution is -0.130. The summed E-state index contributed by atoms with van der Waals surface area (Å²) < 4.78 is 34.1. The third-order valence-corrected chi connectivity index (χ3v) is 9.15. The molecule has 0 unspecified atom stereocenters. The Morgan fingerprint density at radius 1 is 1.16 bits per heavy atom. The topological polar surface area (TPSA) is 101 Å². The second-order valence-corrected chi connectivity index (χ2v) is 11.8. The molecule has 5 rings (SSSR count). The van der Waals surface area contributed by atoms with Crippen LogP contribution in [-0.2, 0) is 30.7 Å². The molecule has 1 aromatic heterocycles. The molecule has 1 spiro atoms. The van der Waals surface area contributed by atoms with Crippen molar-refractivity contribution in [1.29, 1.82) is 0 Å². The van der Waals surface area contributed by atoms with Gasteiger partial charge >= 0.3 is 0 Å². The highest BCUT2D eigenvalue weighted by Crippen LogP contribution is 2.45. The van der Waals surface area contributed by atoms with Gasteiger partial charge in [-0.2, -0.15) is 0 Å². The zero-order valence-corrected chi connectivity index (χ0v) is 19.2. The van der Waals surface area contributed by atoms with Crippen LogP contribution in [0.4, 0.5) is 5.82 Å². The second-order valence-electron chi connectivity index (χ2n) is 9.60. The molecule has 0 radical (unpaired) electrons. The molecular weight excluding hydrogens is 432 g/mol. The summed E-state index contributed by atoms with van der Waals surface area (Å²) in [7, 11) is -2.96. The number of ether oxygens (including phenoxy) is 2. The van der Waals surface area contributed by atoms with E-state index in [0.29, 0.717) is 19.8 Å². The van der Waals surface area contributed by atoms with E-state index in [1.165, 1.54) is 5.56 Å². The number of carbonyl (C=O) groups excluding carboxylic acids is 1. The largest absolute Gasteiger partial charge is 0.381 e. The van der Waals surface area contributed by atoms with Crippen LogP contribution < -0.4 is 10.2 Å². The number of hydrogen-bond donors (Lipinski definition) is 1. The monoisotopic (exact) mass is 464 g/mol. The minimum atomic E-state index is -2.96. The molecular formula is C22H32N4O5S. The first kappa shape index (κ1) is 22.1. The highest BCUT2D eigenvalue weighted by atomic mass is 32.2. The Morgan fingerprint density at radius 2 is 1.88 bits per heavy atom. The summed E-state index contributed by atoms with van der Waals surface area (Å²) in [5, 5.41) is 3.01. The Hall–Kier alpha value is -1.75. The van der Waals surface area contributed by atoms with E-state index in [-0.39, 0.29) is 34.8 Å². The molecule has 9 nitrogen and oxygen atoms in total. The molecule has 1 amide bonds. The number of aromatic nitrogens is 1. The van der Waals surface area contributed by atoms with Gasteiger partial charge in [0.1, 0.15) is 5.82 Å². The number of nitrogens with zero attached hydrogens (tertiary/aromatic N) is 3. The molecule has 5 heterocycles. The number of nitrogens with one attached hydrogen (secondary N) is 1. The number of carbonyl (C=O) groups is 1. The average molecular weight is 465 g/mol. The van der Waals surface area contributed by atoms with Gasteiger partial charge in [-0.25, -0.2) is 13.4 Å². The van der Waals surface area contributed by atoms with Crippen LogP contribution in [0.5, 0.6) is 0 Å². The Balaban J connectivity index is 1.27. The van der Waals surface area contributed by atoms with Crippen molar-refractivity contribution in [2.45, 2.75) is 25.4 Å². The molecule has 32 heavy (non-hydrogen) atoms. The zero-order chi connectivity index (χ0) is 22.2. The number of likely N-dealkylation sites (tertiary alicyclic amines) is 1. The van der Waals surface area contributed by atoms with Gasteiger partial charge in [0.05, 0.1) is 36.7 Å². The van der Waals surface area contributed by atoms with Gasteiger partial charge in [-0.1, -0.05) is 0 Å². The number of rotatable bonds is 5. The predicted molar refractivity (Wildman–Crippen MR) is 119 cm³/mol. The number of anilines is 1. The van der Waals surface area contributed by atoms with Crippen molar-refractivity contribution in [2.75, 3.05) is 69.0 Å². The van der Waals surface area contributed by atoms with Crippen LogP contribution in [0.3, 0.4) is 0 Å². The summed E-state index contributed by atoms with van der Waals surface area (Å²) in [4.78, 5) is 22.4. The summed E-state index contributed by atoms with van der Waals surface area (Å²) >= 11 is 0. The van der Waals surface area contributed by atoms with Gasteiger partial charge in [0.15, 0.2) is 9.84 Å². The number of sulfone groups is 1. The summed E-state index contributed by atoms with van der Waals surface area (Å²) in [5.41, 5.74) is 1.08. The van der Waals surface area contributed by atoms with Crippen LogP contribution in [0.15, 0.2) is 18.3 Å². The first-order valence-corrected chi connectivity index (χ1v) is 13.3. The van der Waals surface area contributed by atoms with Crippen molar-refractivity contribution >= 4 is 21.6 Å². The molecule has 0 saturated carbocycles. The van der Waals surface area contributed by atoms with E-state index in [4.69, 9.17) is 9.47 Å². The van der Waals surface area contributed by atoms with Gasteiger partial charge in [0.25, 0.3) is 0 Å². The Kier molecular flexibility index (Phi) is 6.13. The van der Waals surface area contributed by atoms with E-state index in [2.05, 4.69) is 26.2 Å². The lowest BCUT2D eigenvalue weighted by Gasteiger charge is -2.38. The first-order valence-electron chi connectivity index (χ1n) is 11.5. The first-order chi connectivity index (χ1) is 15.4. The highest BCUT2D eigenvalue weighted by molar-refractivity contribution is 7.92. The Morgan fingerprint density at radius 3 is 2.59 bits per heavy atom. The van der Waals surface area contributed by atoms with Crippen LogP contribution >= 0.6 is 0 Å². The van der Waals surface area contributed by atoms with Crippen LogP contribution in [-0.4, -0.2) is 94.4 Å². The van der Waals surface area contributed by atoms with Gasteiger partial charge in [0.2, 0.25) is 5.91 Å². The van der Waals surface area contributed by atoms with E-state index < -0.39 is 9.84 Å². The van der Waals surface area contributed by atoms with Gasteiger partial charge in [-0.05, 0) is 30.5 Å². The average Bonchev–Trinajstić information content (AvgIpc) is 3.10. The molecule has 4 aliphatic heterocycles. The Bertz CT molecular complexity index is 931. The van der Waals surface area contributed by atoms with E-state index in [9.17, 15) is 13.2 Å². The molecule has 1 atom stereocenters. The van der Waals surface area contributed by atoms with Crippen molar-refractivity contribution in [3.8, 4) is 0 Å². The molecule has 0 bridgehead atoms. The predicted octanol–water partition coefficient (Wildman–Crippen LogP) is 0.0600. The van der Waals surface area contributed by atoms with Crippen molar-refractivity contribution in [2.24, 2.45) is 11.3 Å². The summed E-state index contributed by atoms with van der Waals surface area (Å²) in [6, 6.07) is 3.96. The SMILES string of the molecule is O=C(NC1CS(=O)(=O)C1)[C@@H]1CN(Cc2ccnc(N3CCOCC3)c2)CC12CCOCC2. The molecule has 4 saturated heterocycles. The quantitative estimate of drug-likeness (QED) is 0.653. The standard InChI is InChI=1S/C22H32N4O5S/c27-21(24-18-14-32(28,29)15-18)19-13-25(16-22(19)2-7-30-8-3-22)12-17-1-4-23-20(11-17)26-5-9-31-10-6-26/h1,4,11,18-19H,2-3,5-10,12-16H2,(H,24,27)/t19-/m0/s1. The molecule has 0 aromatic carbocycles. The molecule has 4 fully saturated rings. The number of amides is 1. The van der Waals surface area contributed by atoms with E-state index in [1.807, 2.05) is 12.3 Å². The van der Waals surface area contributed by atoms with Gasteiger partial charge in [-0.3, -0.25) is 9.69 Å². The van der Waals surface area contributed by atoms with Crippen molar-refractivity contribution in [1.82, 2.24) is 15.2 Å². The highest BCUT2D eigenvalue weighted by Gasteiger charge is 2.51. The van der Waals surface area contributed by atoms with E-state index in [0.717, 1.165) is 58.1 Å². The summed E-state index contributed by atoms with van der Waals surface area (Å²) in [5.74, 6) is 0.957.